The van der Waals surface area contributed by atoms with Crippen LogP contribution in [0.1, 0.15) is 117 Å². The highest BCUT2D eigenvalue weighted by Gasteiger charge is 2.00. The van der Waals surface area contributed by atoms with E-state index in [2.05, 4.69) is 163 Å². The second-order valence-electron chi connectivity index (χ2n) is 12.0. The van der Waals surface area contributed by atoms with Crippen LogP contribution in [-0.2, 0) is 9.59 Å². The van der Waals surface area contributed by atoms with Gasteiger partial charge in [-0.15, -0.1) is 0 Å². The first-order chi connectivity index (χ1) is 25.2. The number of carbonyl (C=O) groups is 2. The predicted molar refractivity (Wildman–Crippen MR) is 225 cm³/mol. The lowest BCUT2D eigenvalue weighted by molar-refractivity contribution is -0.121. The fourth-order valence-corrected chi connectivity index (χ4v) is 4.49. The summed E-state index contributed by atoms with van der Waals surface area (Å²) in [5, 5.41) is 9.16. The Morgan fingerprint density at radius 3 is 1.00 bits per heavy atom. The minimum atomic E-state index is 0.0668. The lowest BCUT2D eigenvalue weighted by atomic mass is 10.2. The zero-order valence-electron chi connectivity index (χ0n) is 32.2. The number of carbonyl (C=O) groups excluding carboxylic acids is 2. The van der Waals surface area contributed by atoms with Gasteiger partial charge in [0.1, 0.15) is 0 Å². The van der Waals surface area contributed by atoms with E-state index in [1.165, 1.54) is 0 Å². The maximum atomic E-state index is 12.0. The van der Waals surface area contributed by atoms with Gasteiger partial charge in [0.25, 0.3) is 0 Å². The number of allylic oxidation sites excluding steroid dienone is 22. The van der Waals surface area contributed by atoms with E-state index < -0.39 is 0 Å². The van der Waals surface area contributed by atoms with Crippen molar-refractivity contribution in [2.75, 3.05) is 26.2 Å². The summed E-state index contributed by atoms with van der Waals surface area (Å²) in [6.45, 7) is 6.86. The number of unbranched alkanes of at least 4 members (excludes halogenated alkanes) is 1. The van der Waals surface area contributed by atoms with Crippen molar-refractivity contribution in [1.82, 2.24) is 16.0 Å². The van der Waals surface area contributed by atoms with Gasteiger partial charge >= 0.3 is 0 Å². The molecule has 0 saturated carbocycles. The van der Waals surface area contributed by atoms with Crippen molar-refractivity contribution >= 4 is 11.8 Å². The van der Waals surface area contributed by atoms with Crippen molar-refractivity contribution in [1.29, 1.82) is 0 Å². The van der Waals surface area contributed by atoms with Gasteiger partial charge in [0.15, 0.2) is 0 Å². The molecule has 5 heteroatoms. The van der Waals surface area contributed by atoms with Crippen LogP contribution in [0.15, 0.2) is 134 Å². The van der Waals surface area contributed by atoms with Gasteiger partial charge in [0.05, 0.1) is 0 Å². The first-order valence-electron chi connectivity index (χ1n) is 19.6. The molecular weight excluding hydrogens is 627 g/mol. The summed E-state index contributed by atoms with van der Waals surface area (Å²) in [5.74, 6) is 0.156. The summed E-state index contributed by atoms with van der Waals surface area (Å²) < 4.78 is 0. The van der Waals surface area contributed by atoms with Crippen molar-refractivity contribution in [2.24, 2.45) is 0 Å². The van der Waals surface area contributed by atoms with Crippen LogP contribution in [0.2, 0.25) is 0 Å². The van der Waals surface area contributed by atoms with Crippen LogP contribution >= 0.6 is 0 Å². The second-order valence-corrected chi connectivity index (χ2v) is 12.0. The van der Waals surface area contributed by atoms with Crippen LogP contribution in [0.4, 0.5) is 0 Å². The highest BCUT2D eigenvalue weighted by Crippen LogP contribution is 2.00. The zero-order valence-corrected chi connectivity index (χ0v) is 32.2. The minimum absolute atomic E-state index is 0.0668. The SMILES string of the molecule is CC/C=C\C/C=C\C/C=C\C/C=C\C/C=C\C/C=C\CCC(=O)NCCNCCNC(=O)CCC/C=C\C/C=C\C/C=C\C/C=C\C/C=C\CC. The van der Waals surface area contributed by atoms with Gasteiger partial charge in [-0.2, -0.15) is 0 Å². The summed E-state index contributed by atoms with van der Waals surface area (Å²) in [6.07, 6.45) is 62.6. The maximum absolute atomic E-state index is 12.0. The quantitative estimate of drug-likeness (QED) is 0.0472. The Kier molecular flexibility index (Phi) is 38.9. The summed E-state index contributed by atoms with van der Waals surface area (Å²) in [7, 11) is 0. The molecule has 0 rings (SSSR count). The molecule has 0 saturated heterocycles. The highest BCUT2D eigenvalue weighted by atomic mass is 16.2. The number of hydrogen-bond donors (Lipinski definition) is 3. The number of rotatable bonds is 33. The van der Waals surface area contributed by atoms with Crippen molar-refractivity contribution < 1.29 is 9.59 Å². The third kappa shape index (κ3) is 42.1. The van der Waals surface area contributed by atoms with Crippen LogP contribution in [0.3, 0.4) is 0 Å². The average molecular weight is 698 g/mol. The molecule has 0 bridgehead atoms. The fourth-order valence-electron chi connectivity index (χ4n) is 4.49. The van der Waals surface area contributed by atoms with Crippen molar-refractivity contribution in [3.8, 4) is 0 Å². The first kappa shape index (κ1) is 47.0. The van der Waals surface area contributed by atoms with E-state index in [1.54, 1.807) is 0 Å². The van der Waals surface area contributed by atoms with E-state index in [-0.39, 0.29) is 11.8 Å². The molecule has 0 spiro atoms. The molecule has 0 fully saturated rings. The zero-order chi connectivity index (χ0) is 37.0. The van der Waals surface area contributed by atoms with E-state index in [4.69, 9.17) is 0 Å². The standard InChI is InChI=1S/C46H71N3O2/c1-3-5-7-9-11-13-15-17-19-21-22-24-26-28-30-32-34-36-38-40-46(51)49-44-42-47-41-43-48-45(50)39-37-35-33-31-29-27-25-23-20-18-16-14-12-10-8-6-4-2/h5-8,11-14,17-20,22,24-25,27-28,30-31,33-34,36,47H,3-4,9-10,15-16,21,23,26,29,32,35,37-44H2,1-2H3,(H,48,50)(H,49,51)/b7-5-,8-6-,13-11-,14-12-,19-17-,20-18-,24-22-,27-25-,30-28-,33-31-,36-34-. The lowest BCUT2D eigenvalue weighted by Gasteiger charge is -2.07. The monoisotopic (exact) mass is 698 g/mol. The molecule has 3 N–H and O–H groups in total. The van der Waals surface area contributed by atoms with Gasteiger partial charge in [-0.25, -0.2) is 0 Å². The Morgan fingerprint density at radius 2 is 0.647 bits per heavy atom. The molecule has 0 unspecified atom stereocenters. The lowest BCUT2D eigenvalue weighted by Crippen LogP contribution is -2.36. The van der Waals surface area contributed by atoms with E-state index in [0.717, 1.165) is 89.9 Å². The average Bonchev–Trinajstić information content (AvgIpc) is 3.13. The largest absolute Gasteiger partial charge is 0.355 e. The molecule has 0 aromatic carbocycles. The normalized spacial score (nSPS) is 13.1. The van der Waals surface area contributed by atoms with Crippen LogP contribution in [0.5, 0.6) is 0 Å². The van der Waals surface area contributed by atoms with Gasteiger partial charge in [-0.1, -0.05) is 148 Å². The molecule has 0 atom stereocenters. The highest BCUT2D eigenvalue weighted by molar-refractivity contribution is 5.76. The van der Waals surface area contributed by atoms with Gasteiger partial charge in [-0.3, -0.25) is 9.59 Å². The fraction of sp³-hybridized carbons (Fsp3) is 0.478. The van der Waals surface area contributed by atoms with Gasteiger partial charge in [-0.05, 0) is 89.9 Å². The summed E-state index contributed by atoms with van der Waals surface area (Å²) in [4.78, 5) is 24.1. The molecule has 51 heavy (non-hydrogen) atoms. The number of amides is 2. The summed E-state index contributed by atoms with van der Waals surface area (Å²) in [6, 6.07) is 0. The molecule has 2 amide bonds. The molecule has 5 nitrogen and oxygen atoms in total. The van der Waals surface area contributed by atoms with E-state index in [1.807, 2.05) is 0 Å². The van der Waals surface area contributed by atoms with E-state index in [9.17, 15) is 9.59 Å². The topological polar surface area (TPSA) is 70.2 Å². The molecule has 0 aliphatic heterocycles. The third-order valence-electron chi connectivity index (χ3n) is 7.31. The van der Waals surface area contributed by atoms with Crippen LogP contribution in [0, 0.1) is 0 Å². The smallest absolute Gasteiger partial charge is 0.220 e. The molecule has 0 aromatic heterocycles. The van der Waals surface area contributed by atoms with Crippen LogP contribution < -0.4 is 16.0 Å². The van der Waals surface area contributed by atoms with E-state index >= 15 is 0 Å². The maximum Gasteiger partial charge on any atom is 0.220 e. The molecule has 0 aliphatic rings. The van der Waals surface area contributed by atoms with Gasteiger partial charge in [0, 0.05) is 39.0 Å². The Bertz CT molecular complexity index is 1140. The van der Waals surface area contributed by atoms with Crippen molar-refractivity contribution in [3.63, 3.8) is 0 Å². The van der Waals surface area contributed by atoms with Crippen molar-refractivity contribution in [3.05, 3.63) is 134 Å². The van der Waals surface area contributed by atoms with Crippen LogP contribution in [-0.4, -0.2) is 38.0 Å². The summed E-state index contributed by atoms with van der Waals surface area (Å²) >= 11 is 0. The molecule has 0 radical (unpaired) electrons. The number of hydrogen-bond acceptors (Lipinski definition) is 3. The molecule has 282 valence electrons. The molecule has 0 aliphatic carbocycles. The Labute approximate surface area is 313 Å². The second kappa shape index (κ2) is 42.2. The third-order valence-corrected chi connectivity index (χ3v) is 7.31. The first-order valence-corrected chi connectivity index (χ1v) is 19.6. The molecule has 0 heterocycles. The molecular formula is C46H71N3O2. The number of nitrogens with one attached hydrogen (secondary N) is 3. The molecule has 0 aromatic rings. The van der Waals surface area contributed by atoms with E-state index in [0.29, 0.717) is 39.0 Å². The Hall–Kier alpha value is -3.96. The summed E-state index contributed by atoms with van der Waals surface area (Å²) in [5.41, 5.74) is 0. The van der Waals surface area contributed by atoms with Crippen molar-refractivity contribution in [2.45, 2.75) is 117 Å². The van der Waals surface area contributed by atoms with Crippen LogP contribution in [0.25, 0.3) is 0 Å². The van der Waals surface area contributed by atoms with Gasteiger partial charge < -0.3 is 16.0 Å². The minimum Gasteiger partial charge on any atom is -0.355 e. The Morgan fingerprint density at radius 1 is 0.353 bits per heavy atom. The van der Waals surface area contributed by atoms with Gasteiger partial charge in [0.2, 0.25) is 11.8 Å². The Balaban J connectivity index is 3.57. The predicted octanol–water partition coefficient (Wildman–Crippen LogP) is 11.2.